The van der Waals surface area contributed by atoms with E-state index >= 15 is 0 Å². The second kappa shape index (κ2) is 3.50. The van der Waals surface area contributed by atoms with E-state index in [1.807, 2.05) is 0 Å². The summed E-state index contributed by atoms with van der Waals surface area (Å²) in [5, 5.41) is 0.0762. The molecule has 0 atom stereocenters. The van der Waals surface area contributed by atoms with Crippen molar-refractivity contribution < 1.29 is 13.2 Å². The van der Waals surface area contributed by atoms with Gasteiger partial charge in [-0.15, -0.1) is 0 Å². The minimum Gasteiger partial charge on any atom is -0.166 e. The fourth-order valence-electron chi connectivity index (χ4n) is 0.931. The monoisotopic (exact) mass is 272 g/mol. The lowest BCUT2D eigenvalue weighted by Crippen LogP contribution is -2.06. The molecule has 0 N–H and O–H groups in total. The highest BCUT2D eigenvalue weighted by Gasteiger charge is 2.33. The smallest absolute Gasteiger partial charge is 0.166 e. The van der Waals surface area contributed by atoms with E-state index in [0.29, 0.717) is 5.56 Å². The van der Waals surface area contributed by atoms with Crippen LogP contribution in [0.3, 0.4) is 0 Å². The van der Waals surface area contributed by atoms with Crippen LogP contribution in [0.15, 0.2) is 16.6 Å². The lowest BCUT2D eigenvalue weighted by atomic mass is 10.1. The van der Waals surface area contributed by atoms with Gasteiger partial charge in [0.2, 0.25) is 0 Å². The maximum atomic E-state index is 12.3. The molecule has 0 aliphatic heterocycles. The van der Waals surface area contributed by atoms with Crippen LogP contribution < -0.4 is 0 Å². The Morgan fingerprint density at radius 1 is 1.31 bits per heavy atom. The summed E-state index contributed by atoms with van der Waals surface area (Å²) in [5.41, 5.74) is -0.252. The fraction of sp³-hybridized carbons (Fsp3) is 0.250. The van der Waals surface area contributed by atoms with Crippen molar-refractivity contribution in [2.45, 2.75) is 13.1 Å². The normalized spacial score (nSPS) is 11.8. The number of halogens is 5. The van der Waals surface area contributed by atoms with E-state index in [-0.39, 0.29) is 9.50 Å². The summed E-state index contributed by atoms with van der Waals surface area (Å²) in [6, 6.07) is 2.52. The maximum absolute atomic E-state index is 12.3. The quantitative estimate of drug-likeness (QED) is 0.656. The SMILES string of the molecule is Cc1cc(Cl)c(Br)c(C(F)(F)F)c1. The van der Waals surface area contributed by atoms with Gasteiger partial charge < -0.3 is 0 Å². The minimum absolute atomic E-state index is 0.0762. The fourth-order valence-corrected chi connectivity index (χ4v) is 1.66. The number of hydrogen-bond acceptors (Lipinski definition) is 0. The molecule has 0 aromatic heterocycles. The number of aryl methyl sites for hydroxylation is 1. The van der Waals surface area contributed by atoms with Crippen LogP contribution in [0.1, 0.15) is 11.1 Å². The summed E-state index contributed by atoms with van der Waals surface area (Å²) in [6.07, 6.45) is -4.37. The molecular formula is C8H5BrClF3. The number of rotatable bonds is 0. The van der Waals surface area contributed by atoms with E-state index < -0.39 is 11.7 Å². The second-order valence-electron chi connectivity index (χ2n) is 2.61. The number of alkyl halides is 3. The molecule has 0 fully saturated rings. The van der Waals surface area contributed by atoms with Crippen molar-refractivity contribution in [2.75, 3.05) is 0 Å². The number of hydrogen-bond donors (Lipinski definition) is 0. The molecule has 72 valence electrons. The number of benzene rings is 1. The minimum atomic E-state index is -4.37. The van der Waals surface area contributed by atoms with Gasteiger partial charge >= 0.3 is 6.18 Å². The van der Waals surface area contributed by atoms with Gasteiger partial charge in [-0.05, 0) is 40.5 Å². The first-order chi connectivity index (χ1) is 5.82. The molecule has 0 nitrogen and oxygen atoms in total. The zero-order valence-corrected chi connectivity index (χ0v) is 8.89. The third-order valence-electron chi connectivity index (χ3n) is 1.48. The summed E-state index contributed by atoms with van der Waals surface area (Å²) in [4.78, 5) is 0. The molecule has 1 aromatic carbocycles. The van der Waals surface area contributed by atoms with Crippen molar-refractivity contribution in [1.29, 1.82) is 0 Å². The van der Waals surface area contributed by atoms with Crippen molar-refractivity contribution in [3.05, 3.63) is 32.8 Å². The Hall–Kier alpha value is -0.220. The summed E-state index contributed by atoms with van der Waals surface area (Å²) in [7, 11) is 0. The molecule has 0 heterocycles. The van der Waals surface area contributed by atoms with Gasteiger partial charge in [-0.25, -0.2) is 0 Å². The van der Waals surface area contributed by atoms with Crippen LogP contribution in [-0.4, -0.2) is 0 Å². The van der Waals surface area contributed by atoms with Gasteiger partial charge in [-0.2, -0.15) is 13.2 Å². The highest BCUT2D eigenvalue weighted by molar-refractivity contribution is 9.10. The molecular weight excluding hydrogens is 268 g/mol. The molecule has 0 unspecified atom stereocenters. The van der Waals surface area contributed by atoms with Crippen LogP contribution >= 0.6 is 27.5 Å². The van der Waals surface area contributed by atoms with Crippen LogP contribution in [0.5, 0.6) is 0 Å². The largest absolute Gasteiger partial charge is 0.417 e. The van der Waals surface area contributed by atoms with E-state index in [4.69, 9.17) is 11.6 Å². The van der Waals surface area contributed by atoms with E-state index in [2.05, 4.69) is 15.9 Å². The van der Waals surface area contributed by atoms with Gasteiger partial charge in [-0.1, -0.05) is 11.6 Å². The van der Waals surface area contributed by atoms with Crippen molar-refractivity contribution in [2.24, 2.45) is 0 Å². The zero-order valence-electron chi connectivity index (χ0n) is 6.54. The summed E-state index contributed by atoms with van der Waals surface area (Å²) in [5.74, 6) is 0. The molecule has 1 aromatic rings. The van der Waals surface area contributed by atoms with Gasteiger partial charge in [-0.3, -0.25) is 0 Å². The molecule has 0 aliphatic carbocycles. The first-order valence-corrected chi connectivity index (χ1v) is 4.52. The molecule has 0 saturated heterocycles. The summed E-state index contributed by atoms with van der Waals surface area (Å²) in [6.45, 7) is 1.56. The Balaban J connectivity index is 3.37. The van der Waals surface area contributed by atoms with Crippen LogP contribution in [0.25, 0.3) is 0 Å². The van der Waals surface area contributed by atoms with Gasteiger partial charge in [0, 0.05) is 4.47 Å². The Morgan fingerprint density at radius 3 is 2.31 bits per heavy atom. The van der Waals surface area contributed by atoms with Crippen LogP contribution in [0, 0.1) is 6.92 Å². The molecule has 13 heavy (non-hydrogen) atoms. The first-order valence-electron chi connectivity index (χ1n) is 3.35. The molecule has 1 rings (SSSR count). The summed E-state index contributed by atoms with van der Waals surface area (Å²) < 4.78 is 36.9. The Bertz CT molecular complexity index is 333. The highest BCUT2D eigenvalue weighted by Crippen LogP contribution is 2.38. The molecule has 0 amide bonds. The van der Waals surface area contributed by atoms with Crippen molar-refractivity contribution in [1.82, 2.24) is 0 Å². The van der Waals surface area contributed by atoms with E-state index in [9.17, 15) is 13.2 Å². The highest BCUT2D eigenvalue weighted by atomic mass is 79.9. The average molecular weight is 273 g/mol. The van der Waals surface area contributed by atoms with Gasteiger partial charge in [0.25, 0.3) is 0 Å². The lowest BCUT2D eigenvalue weighted by molar-refractivity contribution is -0.138. The van der Waals surface area contributed by atoms with Gasteiger partial charge in [0.05, 0.1) is 10.6 Å². The van der Waals surface area contributed by atoms with Crippen LogP contribution in [0.4, 0.5) is 13.2 Å². The van der Waals surface area contributed by atoms with Crippen molar-refractivity contribution in [3.63, 3.8) is 0 Å². The third-order valence-corrected chi connectivity index (χ3v) is 2.86. The maximum Gasteiger partial charge on any atom is 0.417 e. The standard InChI is InChI=1S/C8H5BrClF3/c1-4-2-5(8(11,12)13)7(9)6(10)3-4/h2-3H,1H3. The molecule has 0 saturated carbocycles. The van der Waals surface area contributed by atoms with Crippen LogP contribution in [0.2, 0.25) is 5.02 Å². The van der Waals surface area contributed by atoms with E-state index in [1.165, 1.54) is 6.07 Å². The Labute approximate surface area is 86.8 Å². The molecule has 0 aliphatic rings. The third kappa shape index (κ3) is 2.38. The Kier molecular flexibility index (Phi) is 2.92. The molecule has 0 radical (unpaired) electrons. The Morgan fingerprint density at radius 2 is 1.85 bits per heavy atom. The molecule has 0 bridgehead atoms. The van der Waals surface area contributed by atoms with Gasteiger partial charge in [0.1, 0.15) is 0 Å². The van der Waals surface area contributed by atoms with Crippen LogP contribution in [-0.2, 0) is 6.18 Å². The first kappa shape index (κ1) is 10.9. The predicted molar refractivity (Wildman–Crippen MR) is 48.9 cm³/mol. The predicted octanol–water partition coefficient (Wildman–Crippen LogP) is 4.43. The zero-order chi connectivity index (χ0) is 10.2. The van der Waals surface area contributed by atoms with Crippen molar-refractivity contribution >= 4 is 27.5 Å². The average Bonchev–Trinajstić information content (AvgIpc) is 1.94. The topological polar surface area (TPSA) is 0 Å². The molecule has 0 spiro atoms. The molecule has 5 heteroatoms. The lowest BCUT2D eigenvalue weighted by Gasteiger charge is -2.10. The van der Waals surface area contributed by atoms with Gasteiger partial charge in [0.15, 0.2) is 0 Å². The van der Waals surface area contributed by atoms with E-state index in [1.54, 1.807) is 6.92 Å². The summed E-state index contributed by atoms with van der Waals surface area (Å²) >= 11 is 8.38. The second-order valence-corrected chi connectivity index (χ2v) is 3.81. The van der Waals surface area contributed by atoms with Crippen molar-refractivity contribution in [3.8, 4) is 0 Å². The van der Waals surface area contributed by atoms with E-state index in [0.717, 1.165) is 6.07 Å².